The molecule has 1 unspecified atom stereocenters. The van der Waals surface area contributed by atoms with E-state index in [0.717, 1.165) is 13.1 Å². The maximum atomic E-state index is 10.5. The maximum absolute atomic E-state index is 10.5. The molecular formula is C10H16N2O2. The van der Waals surface area contributed by atoms with Crippen molar-refractivity contribution in [1.82, 2.24) is 10.3 Å². The Morgan fingerprint density at radius 3 is 3.07 bits per heavy atom. The molecule has 1 aromatic heterocycles. The summed E-state index contributed by atoms with van der Waals surface area (Å²) in [6.45, 7) is 3.24. The predicted octanol–water partition coefficient (Wildman–Crippen LogP) is 1.22. The molecule has 3 N–H and O–H groups in total. The van der Waals surface area contributed by atoms with Crippen molar-refractivity contribution in [3.63, 3.8) is 0 Å². The van der Waals surface area contributed by atoms with Gasteiger partial charge in [0.1, 0.15) is 0 Å². The van der Waals surface area contributed by atoms with Crippen molar-refractivity contribution in [2.75, 3.05) is 6.54 Å². The monoisotopic (exact) mass is 196 g/mol. The van der Waals surface area contributed by atoms with Crippen molar-refractivity contribution >= 4 is 5.97 Å². The smallest absolute Gasteiger partial charge is 0.306 e. The molecule has 0 aliphatic rings. The van der Waals surface area contributed by atoms with E-state index < -0.39 is 5.97 Å². The van der Waals surface area contributed by atoms with Gasteiger partial charge >= 0.3 is 5.97 Å². The van der Waals surface area contributed by atoms with Gasteiger partial charge in [-0.2, -0.15) is 0 Å². The Balaban J connectivity index is 2.08. The van der Waals surface area contributed by atoms with E-state index in [0.29, 0.717) is 6.42 Å². The first-order valence-electron chi connectivity index (χ1n) is 4.75. The molecule has 0 radical (unpaired) electrons. The number of carbonyl (C=O) groups is 1. The first-order chi connectivity index (χ1) is 6.70. The fraction of sp³-hybridized carbons (Fsp3) is 0.500. The second kappa shape index (κ2) is 5.44. The van der Waals surface area contributed by atoms with Gasteiger partial charge in [0.15, 0.2) is 0 Å². The Bertz CT molecular complexity index is 270. The van der Waals surface area contributed by atoms with Gasteiger partial charge in [-0.15, -0.1) is 0 Å². The molecule has 0 fully saturated rings. The first kappa shape index (κ1) is 10.8. The molecule has 0 aliphatic carbocycles. The number of rotatable bonds is 6. The summed E-state index contributed by atoms with van der Waals surface area (Å²) in [5.41, 5.74) is 1.19. The van der Waals surface area contributed by atoms with E-state index in [2.05, 4.69) is 10.3 Å². The second-order valence-electron chi connectivity index (χ2n) is 3.42. The summed E-state index contributed by atoms with van der Waals surface area (Å²) in [5, 5.41) is 11.8. The van der Waals surface area contributed by atoms with Gasteiger partial charge in [0.25, 0.3) is 0 Å². The zero-order valence-electron chi connectivity index (χ0n) is 8.29. The van der Waals surface area contributed by atoms with Gasteiger partial charge < -0.3 is 15.4 Å². The van der Waals surface area contributed by atoms with Gasteiger partial charge in [0.05, 0.1) is 5.92 Å². The lowest BCUT2D eigenvalue weighted by molar-refractivity contribution is -0.141. The van der Waals surface area contributed by atoms with Crippen LogP contribution in [0.3, 0.4) is 0 Å². The SMILES string of the molecule is CC(CCNCc1cc[nH]c1)C(=O)O. The lowest BCUT2D eigenvalue weighted by Gasteiger charge is -2.06. The molecule has 0 bridgehead atoms. The Morgan fingerprint density at radius 2 is 2.50 bits per heavy atom. The first-order valence-corrected chi connectivity index (χ1v) is 4.75. The second-order valence-corrected chi connectivity index (χ2v) is 3.42. The predicted molar refractivity (Wildman–Crippen MR) is 53.9 cm³/mol. The van der Waals surface area contributed by atoms with Crippen LogP contribution in [0, 0.1) is 5.92 Å². The standard InChI is InChI=1S/C10H16N2O2/c1-8(10(13)14)2-4-11-6-9-3-5-12-7-9/h3,5,7-8,11-12H,2,4,6H2,1H3,(H,13,14). The zero-order chi connectivity index (χ0) is 10.4. The Morgan fingerprint density at radius 1 is 1.71 bits per heavy atom. The molecule has 1 heterocycles. The van der Waals surface area contributed by atoms with Gasteiger partial charge in [-0.1, -0.05) is 6.92 Å². The summed E-state index contributed by atoms with van der Waals surface area (Å²) in [7, 11) is 0. The van der Waals surface area contributed by atoms with Crippen LogP contribution in [0.2, 0.25) is 0 Å². The molecule has 14 heavy (non-hydrogen) atoms. The van der Waals surface area contributed by atoms with E-state index in [1.807, 2.05) is 18.5 Å². The van der Waals surface area contributed by atoms with Crippen LogP contribution < -0.4 is 5.32 Å². The number of nitrogens with one attached hydrogen (secondary N) is 2. The minimum absolute atomic E-state index is 0.270. The highest BCUT2D eigenvalue weighted by molar-refractivity contribution is 5.69. The number of carboxylic acids is 1. The molecule has 1 rings (SSSR count). The van der Waals surface area contributed by atoms with Gasteiger partial charge in [0, 0.05) is 18.9 Å². The van der Waals surface area contributed by atoms with Crippen LogP contribution >= 0.6 is 0 Å². The summed E-state index contributed by atoms with van der Waals surface area (Å²) in [4.78, 5) is 13.5. The van der Waals surface area contributed by atoms with Gasteiger partial charge in [-0.05, 0) is 24.6 Å². The van der Waals surface area contributed by atoms with Crippen LogP contribution in [0.5, 0.6) is 0 Å². The zero-order valence-corrected chi connectivity index (χ0v) is 8.29. The van der Waals surface area contributed by atoms with E-state index in [1.54, 1.807) is 6.92 Å². The fourth-order valence-electron chi connectivity index (χ4n) is 1.14. The van der Waals surface area contributed by atoms with Crippen LogP contribution in [-0.2, 0) is 11.3 Å². The number of H-pyrrole nitrogens is 1. The average molecular weight is 196 g/mol. The molecule has 0 spiro atoms. The third kappa shape index (κ3) is 3.62. The Hall–Kier alpha value is -1.29. The summed E-state index contributed by atoms with van der Waals surface area (Å²) < 4.78 is 0. The van der Waals surface area contributed by atoms with Crippen LogP contribution in [-0.4, -0.2) is 22.6 Å². The number of aliphatic carboxylic acids is 1. The van der Waals surface area contributed by atoms with Crippen LogP contribution in [0.15, 0.2) is 18.5 Å². The van der Waals surface area contributed by atoms with Gasteiger partial charge in [-0.25, -0.2) is 0 Å². The molecular weight excluding hydrogens is 180 g/mol. The molecule has 1 atom stereocenters. The molecule has 0 saturated heterocycles. The summed E-state index contributed by atoms with van der Waals surface area (Å²) in [6.07, 6.45) is 4.46. The lowest BCUT2D eigenvalue weighted by Crippen LogP contribution is -2.20. The van der Waals surface area contributed by atoms with E-state index in [1.165, 1.54) is 5.56 Å². The van der Waals surface area contributed by atoms with Gasteiger partial charge in [-0.3, -0.25) is 4.79 Å². The normalized spacial score (nSPS) is 12.6. The summed E-state index contributed by atoms with van der Waals surface area (Å²) >= 11 is 0. The van der Waals surface area contributed by atoms with Crippen LogP contribution in [0.1, 0.15) is 18.9 Å². The highest BCUT2D eigenvalue weighted by Gasteiger charge is 2.09. The van der Waals surface area contributed by atoms with E-state index in [4.69, 9.17) is 5.11 Å². The topological polar surface area (TPSA) is 65.1 Å². The van der Waals surface area contributed by atoms with Gasteiger partial charge in [0.2, 0.25) is 0 Å². The van der Waals surface area contributed by atoms with Crippen molar-refractivity contribution in [2.24, 2.45) is 5.92 Å². The molecule has 0 saturated carbocycles. The number of hydrogen-bond acceptors (Lipinski definition) is 2. The Labute approximate surface area is 83.3 Å². The maximum Gasteiger partial charge on any atom is 0.306 e. The van der Waals surface area contributed by atoms with E-state index in [-0.39, 0.29) is 5.92 Å². The molecule has 0 aliphatic heterocycles. The molecule has 0 aromatic carbocycles. The fourth-order valence-corrected chi connectivity index (χ4v) is 1.14. The number of aromatic nitrogens is 1. The molecule has 78 valence electrons. The minimum atomic E-state index is -0.728. The molecule has 4 nitrogen and oxygen atoms in total. The van der Waals surface area contributed by atoms with Crippen LogP contribution in [0.25, 0.3) is 0 Å². The summed E-state index contributed by atoms with van der Waals surface area (Å²) in [6, 6.07) is 1.99. The number of carboxylic acid groups (broad SMARTS) is 1. The van der Waals surface area contributed by atoms with E-state index >= 15 is 0 Å². The number of hydrogen-bond donors (Lipinski definition) is 3. The quantitative estimate of drug-likeness (QED) is 0.599. The third-order valence-corrected chi connectivity index (χ3v) is 2.17. The summed E-state index contributed by atoms with van der Waals surface area (Å²) in [5.74, 6) is -0.998. The largest absolute Gasteiger partial charge is 0.481 e. The number of aromatic amines is 1. The van der Waals surface area contributed by atoms with E-state index in [9.17, 15) is 4.79 Å². The molecule has 4 heteroatoms. The van der Waals surface area contributed by atoms with Crippen molar-refractivity contribution in [2.45, 2.75) is 19.9 Å². The third-order valence-electron chi connectivity index (χ3n) is 2.17. The average Bonchev–Trinajstić information content (AvgIpc) is 2.64. The highest BCUT2D eigenvalue weighted by Crippen LogP contribution is 2.00. The van der Waals surface area contributed by atoms with Crippen molar-refractivity contribution < 1.29 is 9.90 Å². The Kier molecular flexibility index (Phi) is 4.19. The minimum Gasteiger partial charge on any atom is -0.481 e. The molecule has 0 amide bonds. The molecule has 1 aromatic rings. The van der Waals surface area contributed by atoms with Crippen molar-refractivity contribution in [3.8, 4) is 0 Å². The van der Waals surface area contributed by atoms with Crippen molar-refractivity contribution in [3.05, 3.63) is 24.0 Å². The van der Waals surface area contributed by atoms with Crippen molar-refractivity contribution in [1.29, 1.82) is 0 Å². The van der Waals surface area contributed by atoms with Crippen LogP contribution in [0.4, 0.5) is 0 Å². The lowest BCUT2D eigenvalue weighted by atomic mass is 10.1. The highest BCUT2D eigenvalue weighted by atomic mass is 16.4.